The van der Waals surface area contributed by atoms with Gasteiger partial charge in [-0.25, -0.2) is 17.5 Å². The van der Waals surface area contributed by atoms with Crippen LogP contribution in [0.1, 0.15) is 15.9 Å². The average Bonchev–Trinajstić information content (AvgIpc) is 2.60. The molecule has 0 unspecified atom stereocenters. The van der Waals surface area contributed by atoms with E-state index in [1.54, 1.807) is 12.1 Å². The Morgan fingerprint density at radius 1 is 1.16 bits per heavy atom. The maximum absolute atomic E-state index is 13.1. The zero-order valence-electron chi connectivity index (χ0n) is 13.5. The van der Waals surface area contributed by atoms with Gasteiger partial charge in [0.15, 0.2) is 0 Å². The summed E-state index contributed by atoms with van der Waals surface area (Å²) in [7, 11) is -3.69. The second-order valence-corrected chi connectivity index (χ2v) is 7.07. The Labute approximate surface area is 146 Å². The number of amides is 1. The highest BCUT2D eigenvalue weighted by Gasteiger charge is 2.15. The van der Waals surface area contributed by atoms with Gasteiger partial charge in [-0.15, -0.1) is 6.58 Å². The van der Waals surface area contributed by atoms with Crippen molar-refractivity contribution < 1.29 is 17.6 Å². The van der Waals surface area contributed by atoms with E-state index in [9.17, 15) is 17.6 Å². The van der Waals surface area contributed by atoms with Gasteiger partial charge in [0.05, 0.1) is 4.90 Å². The van der Waals surface area contributed by atoms with Crippen molar-refractivity contribution in [1.82, 2.24) is 10.0 Å². The minimum Gasteiger partial charge on any atom is -0.352 e. The molecule has 5 nitrogen and oxygen atoms in total. The fourth-order valence-electron chi connectivity index (χ4n) is 2.17. The van der Waals surface area contributed by atoms with Gasteiger partial charge in [-0.2, -0.15) is 0 Å². The van der Waals surface area contributed by atoms with Crippen LogP contribution in [0, 0.1) is 5.82 Å². The van der Waals surface area contributed by atoms with Crippen molar-refractivity contribution in [3.63, 3.8) is 0 Å². The highest BCUT2D eigenvalue weighted by molar-refractivity contribution is 7.89. The lowest BCUT2D eigenvalue weighted by Crippen LogP contribution is -2.27. The summed E-state index contributed by atoms with van der Waals surface area (Å²) in [5.74, 6) is -0.717. The van der Waals surface area contributed by atoms with E-state index in [1.807, 2.05) is 0 Å². The van der Waals surface area contributed by atoms with Crippen LogP contribution in [0.15, 0.2) is 66.1 Å². The molecule has 2 N–H and O–H groups in total. The summed E-state index contributed by atoms with van der Waals surface area (Å²) in [5, 5.41) is 2.70. The summed E-state index contributed by atoms with van der Waals surface area (Å²) in [6.45, 7) is 3.87. The first-order chi connectivity index (χ1) is 11.9. The molecule has 0 heterocycles. The number of carbonyl (C=O) groups is 1. The monoisotopic (exact) mass is 362 g/mol. The smallest absolute Gasteiger partial charge is 0.251 e. The van der Waals surface area contributed by atoms with E-state index in [-0.39, 0.29) is 22.8 Å². The molecule has 2 aromatic rings. The summed E-state index contributed by atoms with van der Waals surface area (Å²) < 4.78 is 39.6. The van der Waals surface area contributed by atoms with E-state index in [2.05, 4.69) is 16.6 Å². The van der Waals surface area contributed by atoms with Crippen molar-refractivity contribution in [3.05, 3.63) is 78.1 Å². The van der Waals surface area contributed by atoms with Crippen LogP contribution in [-0.4, -0.2) is 27.4 Å². The maximum atomic E-state index is 13.1. The van der Waals surface area contributed by atoms with Crippen LogP contribution < -0.4 is 10.0 Å². The molecule has 0 saturated heterocycles. The second kappa shape index (κ2) is 8.55. The van der Waals surface area contributed by atoms with Gasteiger partial charge in [0.2, 0.25) is 10.0 Å². The van der Waals surface area contributed by atoms with Crippen molar-refractivity contribution in [1.29, 1.82) is 0 Å². The number of hydrogen-bond acceptors (Lipinski definition) is 3. The molecule has 0 saturated carbocycles. The number of nitrogens with one attached hydrogen (secondary N) is 2. The van der Waals surface area contributed by atoms with E-state index in [0.29, 0.717) is 13.0 Å². The maximum Gasteiger partial charge on any atom is 0.251 e. The van der Waals surface area contributed by atoms with Crippen LogP contribution >= 0.6 is 0 Å². The molecule has 2 rings (SSSR count). The van der Waals surface area contributed by atoms with Crippen LogP contribution in [-0.2, 0) is 16.4 Å². The molecule has 0 radical (unpaired) electrons. The summed E-state index contributed by atoms with van der Waals surface area (Å²) >= 11 is 0. The molecule has 1 amide bonds. The lowest BCUT2D eigenvalue weighted by Gasteiger charge is -2.08. The van der Waals surface area contributed by atoms with Crippen molar-refractivity contribution in [3.8, 4) is 0 Å². The second-order valence-electron chi connectivity index (χ2n) is 5.30. The highest BCUT2D eigenvalue weighted by Crippen LogP contribution is 2.11. The normalized spacial score (nSPS) is 11.1. The van der Waals surface area contributed by atoms with Crippen LogP contribution in [0.25, 0.3) is 0 Å². The Balaban J connectivity index is 2.00. The minimum absolute atomic E-state index is 0.00660. The largest absolute Gasteiger partial charge is 0.352 e. The van der Waals surface area contributed by atoms with Crippen LogP contribution in [0.3, 0.4) is 0 Å². The van der Waals surface area contributed by atoms with Gasteiger partial charge in [0.1, 0.15) is 5.82 Å². The number of benzene rings is 2. The highest BCUT2D eigenvalue weighted by atomic mass is 32.2. The quantitative estimate of drug-likeness (QED) is 0.708. The molecule has 0 aliphatic heterocycles. The third-order valence-corrected chi connectivity index (χ3v) is 4.83. The van der Waals surface area contributed by atoms with Crippen molar-refractivity contribution in [2.45, 2.75) is 11.3 Å². The van der Waals surface area contributed by atoms with Gasteiger partial charge in [0, 0.05) is 18.7 Å². The zero-order chi connectivity index (χ0) is 18.3. The Bertz CT molecular complexity index is 866. The van der Waals surface area contributed by atoms with E-state index in [1.165, 1.54) is 42.5 Å². The van der Waals surface area contributed by atoms with E-state index < -0.39 is 15.9 Å². The van der Waals surface area contributed by atoms with Gasteiger partial charge in [0.25, 0.3) is 5.91 Å². The Morgan fingerprint density at radius 2 is 1.92 bits per heavy atom. The van der Waals surface area contributed by atoms with Crippen LogP contribution in [0.4, 0.5) is 4.39 Å². The number of halogens is 1. The molecule has 132 valence electrons. The lowest BCUT2D eigenvalue weighted by atomic mass is 10.1. The molecular formula is C18H19FN2O3S. The first-order valence-electron chi connectivity index (χ1n) is 7.65. The predicted molar refractivity (Wildman–Crippen MR) is 94.3 cm³/mol. The first kappa shape index (κ1) is 18.8. The third-order valence-electron chi connectivity index (χ3n) is 3.41. The molecule has 2 aromatic carbocycles. The van der Waals surface area contributed by atoms with Crippen LogP contribution in [0.5, 0.6) is 0 Å². The summed E-state index contributed by atoms with van der Waals surface area (Å²) in [6, 6.07) is 11.9. The van der Waals surface area contributed by atoms with Gasteiger partial charge < -0.3 is 5.32 Å². The number of hydrogen-bond donors (Lipinski definition) is 2. The van der Waals surface area contributed by atoms with E-state index >= 15 is 0 Å². The van der Waals surface area contributed by atoms with Gasteiger partial charge in [-0.05, 0) is 42.3 Å². The molecule has 0 fully saturated rings. The predicted octanol–water partition coefficient (Wildman–Crippen LogP) is 2.26. The fraction of sp³-hybridized carbons (Fsp3) is 0.167. The molecule has 0 bridgehead atoms. The topological polar surface area (TPSA) is 75.3 Å². The minimum atomic E-state index is -3.69. The van der Waals surface area contributed by atoms with Crippen LogP contribution in [0.2, 0.25) is 0 Å². The molecule has 25 heavy (non-hydrogen) atoms. The molecule has 0 aromatic heterocycles. The number of carbonyl (C=O) groups excluding carboxylic acids is 1. The standard InChI is InChI=1S/C18H19FN2O3S/c1-2-10-21-25(23,24)17-8-4-6-15(13-17)18(22)20-11-9-14-5-3-7-16(19)12-14/h2-8,12-13,21H,1,9-11H2,(H,20,22). The number of rotatable bonds is 8. The fourth-order valence-corrected chi connectivity index (χ4v) is 3.22. The van der Waals surface area contributed by atoms with Gasteiger partial charge in [-0.1, -0.05) is 24.3 Å². The zero-order valence-corrected chi connectivity index (χ0v) is 14.4. The number of sulfonamides is 1. The summed E-state index contributed by atoms with van der Waals surface area (Å²) in [5.41, 5.74) is 1.01. The Kier molecular flexibility index (Phi) is 6.44. The molecule has 0 aliphatic rings. The molecule has 0 aliphatic carbocycles. The van der Waals surface area contributed by atoms with E-state index in [4.69, 9.17) is 0 Å². The SMILES string of the molecule is C=CCNS(=O)(=O)c1cccc(C(=O)NCCc2cccc(F)c2)c1. The Morgan fingerprint density at radius 3 is 2.64 bits per heavy atom. The van der Waals surface area contributed by atoms with Crippen molar-refractivity contribution >= 4 is 15.9 Å². The molecular weight excluding hydrogens is 343 g/mol. The molecule has 7 heteroatoms. The average molecular weight is 362 g/mol. The van der Waals surface area contributed by atoms with Crippen molar-refractivity contribution in [2.75, 3.05) is 13.1 Å². The lowest BCUT2D eigenvalue weighted by molar-refractivity contribution is 0.0954. The third kappa shape index (κ3) is 5.51. The summed E-state index contributed by atoms with van der Waals surface area (Å²) in [4.78, 5) is 12.2. The molecule has 0 spiro atoms. The first-order valence-corrected chi connectivity index (χ1v) is 9.14. The van der Waals surface area contributed by atoms with Gasteiger partial charge >= 0.3 is 0 Å². The summed E-state index contributed by atoms with van der Waals surface area (Å²) in [6.07, 6.45) is 1.91. The van der Waals surface area contributed by atoms with E-state index in [0.717, 1.165) is 5.56 Å². The Hall–Kier alpha value is -2.51. The molecule has 0 atom stereocenters. The van der Waals surface area contributed by atoms with Gasteiger partial charge in [-0.3, -0.25) is 4.79 Å². The van der Waals surface area contributed by atoms with Crippen molar-refractivity contribution in [2.24, 2.45) is 0 Å².